The third-order valence-corrected chi connectivity index (χ3v) is 42.8. The Kier molecular flexibility index (Phi) is 9.32. The van der Waals surface area contributed by atoms with Crippen LogP contribution in [0, 0.1) is 0 Å². The highest BCUT2D eigenvalue weighted by molar-refractivity contribution is 8.12. The number of β-lactam (4-membered cyclic amide) rings is 10. The second-order valence-electron chi connectivity index (χ2n) is 25.8. The lowest BCUT2D eigenvalue weighted by Crippen LogP contribution is -2.87. The zero-order chi connectivity index (χ0) is 53.7. The maximum absolute atomic E-state index is 14.8. The molecule has 0 bridgehead atoms. The summed E-state index contributed by atoms with van der Waals surface area (Å²) >= 11 is 18.6. The van der Waals surface area contributed by atoms with Crippen molar-refractivity contribution in [1.29, 1.82) is 0 Å². The molecule has 10 unspecified atom stereocenters. The summed E-state index contributed by atoms with van der Waals surface area (Å²) in [4.78, 5) is 164. The molecule has 0 aliphatic carbocycles. The summed E-state index contributed by atoms with van der Waals surface area (Å²) in [6, 6.07) is 0. The van der Waals surface area contributed by atoms with Gasteiger partial charge in [-0.3, -0.25) is 47.9 Å². The second kappa shape index (κ2) is 15.1. The van der Waals surface area contributed by atoms with Gasteiger partial charge in [-0.2, -0.15) is 0 Å². The molecule has 422 valence electrons. The van der Waals surface area contributed by atoms with Crippen molar-refractivity contribution in [3.63, 3.8) is 0 Å². The Balaban J connectivity index is 0.893. The molecule has 30 heteroatoms. The molecule has 20 aliphatic heterocycles. The number of nitrogens with zero attached hydrogens (tertiary/aromatic N) is 10. The topological polar surface area (TPSA) is 203 Å². The summed E-state index contributed by atoms with van der Waals surface area (Å²) in [7, 11) is 0. The Morgan fingerprint density at radius 3 is 0.662 bits per heavy atom. The van der Waals surface area contributed by atoms with Gasteiger partial charge in [0.2, 0.25) is 59.1 Å². The number of amides is 10. The summed E-state index contributed by atoms with van der Waals surface area (Å²) in [5.41, 5.74) is 0. The van der Waals surface area contributed by atoms with E-state index >= 15 is 0 Å². The first-order valence-corrected chi connectivity index (χ1v) is 37.0. The average molecular weight is 1270 g/mol. The minimum absolute atomic E-state index is 0.0221. The van der Waals surface area contributed by atoms with Gasteiger partial charge in [-0.25, -0.2) is 0 Å². The van der Waals surface area contributed by atoms with Gasteiger partial charge >= 0.3 is 0 Å². The van der Waals surface area contributed by atoms with E-state index in [0.29, 0.717) is 117 Å². The fourth-order valence-corrected chi connectivity index (χ4v) is 41.7. The molecule has 20 nitrogen and oxygen atoms in total. The molecule has 0 N–H and O–H groups in total. The summed E-state index contributed by atoms with van der Waals surface area (Å²) in [5, 5.41) is -2.02. The molecule has 20 saturated heterocycles. The number of fused-ring (bicyclic) bond motifs is 10. The molecule has 0 aromatic rings. The highest BCUT2D eigenvalue weighted by Crippen LogP contribution is 2.85. The fourth-order valence-electron chi connectivity index (χ4n) is 18.8. The van der Waals surface area contributed by atoms with Gasteiger partial charge in [0.25, 0.3) is 0 Å². The molecule has 0 saturated carbocycles. The molecule has 80 heavy (non-hydrogen) atoms. The van der Waals surface area contributed by atoms with Gasteiger partial charge in [-0.15, -0.1) is 118 Å². The number of hydrogen-bond acceptors (Lipinski definition) is 20. The Morgan fingerprint density at radius 2 is 0.438 bits per heavy atom. The Labute approximate surface area is 501 Å². The first-order chi connectivity index (χ1) is 38.4. The van der Waals surface area contributed by atoms with Gasteiger partial charge in [-0.1, -0.05) is 0 Å². The molecule has 0 aromatic carbocycles. The lowest BCUT2D eigenvalue weighted by Gasteiger charge is -2.70. The number of thioether (sulfide) groups is 10. The first-order valence-electron chi connectivity index (χ1n) is 28.1. The highest BCUT2D eigenvalue weighted by Gasteiger charge is 2.93. The lowest BCUT2D eigenvalue weighted by molar-refractivity contribution is -0.145. The summed E-state index contributed by atoms with van der Waals surface area (Å²) in [5.74, 6) is 0.651. The van der Waals surface area contributed by atoms with E-state index < -0.39 is 38.0 Å². The maximum atomic E-state index is 14.8. The predicted molar refractivity (Wildman–Crippen MR) is 307 cm³/mol. The van der Waals surface area contributed by atoms with Crippen LogP contribution in [0.4, 0.5) is 0 Å². The minimum Gasteiger partial charge on any atom is -0.329 e. The van der Waals surface area contributed by atoms with Gasteiger partial charge in [0.05, 0.1) is 156 Å². The van der Waals surface area contributed by atoms with Gasteiger partial charge in [0, 0.05) is 75.9 Å². The van der Waals surface area contributed by atoms with E-state index in [1.54, 1.807) is 0 Å². The maximum Gasteiger partial charge on any atom is 0.226 e. The smallest absolute Gasteiger partial charge is 0.226 e. The van der Waals surface area contributed by atoms with Crippen LogP contribution in [0.3, 0.4) is 0 Å². The standard InChI is InChI=1S/C50H52N10O10S10/c61-23-1-33-51(23)11-21(71-33)43(13-53-25(63)3-35(53)73-43)45(15-55-27(65)5-37(55)75-45)47(17-57-29(67)7-39(57)77-47)49(19-59-31(69)9-41(59)79-49)50(20-60-32(70)10-42(60)80-50)48(18-58-30(68)8-40(58)78-48)46(16-56-28(66)6-38(56)76-46)44(14-54-26(64)4-36(54)74-44)22-12-52-24(62)2-34(52)72-22/h21-22,33-42H,1-20H2/t21?,22?,33-,34-,35-,36-,37-,38-,39-,40-,41-,42-,43?,44?,45?,46?,47?,48?,49?,50?/m1/s1. The van der Waals surface area contributed by atoms with Crippen molar-refractivity contribution in [3.05, 3.63) is 0 Å². The van der Waals surface area contributed by atoms with Crippen LogP contribution in [0.2, 0.25) is 0 Å². The third kappa shape index (κ3) is 5.15. The van der Waals surface area contributed by atoms with Crippen molar-refractivity contribution in [1.82, 2.24) is 49.0 Å². The van der Waals surface area contributed by atoms with E-state index in [4.69, 9.17) is 0 Å². The third-order valence-electron chi connectivity index (χ3n) is 23.1. The average Bonchev–Trinajstić information content (AvgIpc) is 1.99. The quantitative estimate of drug-likeness (QED) is 0.292. The van der Waals surface area contributed by atoms with Crippen molar-refractivity contribution in [3.8, 4) is 0 Å². The highest BCUT2D eigenvalue weighted by atomic mass is 32.2. The number of rotatable bonds is 9. The molecule has 0 radical (unpaired) electrons. The van der Waals surface area contributed by atoms with Crippen LogP contribution in [-0.2, 0) is 47.9 Å². The predicted octanol–water partition coefficient (Wildman–Crippen LogP) is 0.686. The monoisotopic (exact) mass is 1270 g/mol. The van der Waals surface area contributed by atoms with E-state index in [-0.39, 0.29) is 136 Å². The molecule has 20 fully saturated rings. The number of hydrogen-bond donors (Lipinski definition) is 0. The summed E-state index contributed by atoms with van der Waals surface area (Å²) in [6.07, 6.45) is 3.55. The summed E-state index contributed by atoms with van der Waals surface area (Å²) < 4.78 is -7.80. The molecule has 20 heterocycles. The second-order valence-corrected chi connectivity index (χ2v) is 40.4. The molecular formula is C50H52N10O10S10. The first kappa shape index (κ1) is 49.3. The molecule has 0 aromatic heterocycles. The van der Waals surface area contributed by atoms with E-state index in [2.05, 4.69) is 29.4 Å². The zero-order valence-electron chi connectivity index (χ0n) is 42.7. The van der Waals surface area contributed by atoms with Crippen molar-refractivity contribution in [2.45, 2.75) is 166 Å². The summed E-state index contributed by atoms with van der Waals surface area (Å²) in [6.45, 7) is 3.64. The van der Waals surface area contributed by atoms with E-state index in [1.165, 1.54) is 0 Å². The molecule has 0 spiro atoms. The molecule has 20 rings (SSSR count). The van der Waals surface area contributed by atoms with Gasteiger partial charge in [-0.05, 0) is 0 Å². The fraction of sp³-hybridized carbons (Fsp3) is 0.800. The SMILES string of the molecule is O=C1C[C@H]2SC(C3(C4(C5(C6(C7(C8(C9(C%10(C%11CN%12C(=O)C[C@H]%12S%11)CN%11C(=O)C[C@H]%11S%10)CN%10C(=O)C[C@H]%10S9)CN9C(=O)C[C@H]9S8)CN8C(=O)C[C@H]8S7)CN7C(=O)C[C@H]7S6)CN6C(=O)C[C@H]6S5)CN5C(=O)C[C@H]5S4)CN4C(=O)C[C@H]4S3)CN12. The molecule has 10 amide bonds. The van der Waals surface area contributed by atoms with Crippen LogP contribution in [0.5, 0.6) is 0 Å². The lowest BCUT2D eigenvalue weighted by atomic mass is 9.58. The van der Waals surface area contributed by atoms with E-state index in [0.717, 1.165) is 0 Å². The normalized spacial score (nSPS) is 53.6. The Hall–Kier alpha value is -1.80. The van der Waals surface area contributed by atoms with Crippen LogP contribution >= 0.6 is 118 Å². The minimum atomic E-state index is -1.09. The van der Waals surface area contributed by atoms with Crippen LogP contribution in [0.1, 0.15) is 64.2 Å². The van der Waals surface area contributed by atoms with E-state index in [9.17, 15) is 47.9 Å². The number of carbonyl (C=O) groups excluding carboxylic acids is 10. The number of carbonyl (C=O) groups is 10. The van der Waals surface area contributed by atoms with Crippen LogP contribution in [0.25, 0.3) is 0 Å². The zero-order valence-corrected chi connectivity index (χ0v) is 50.9. The van der Waals surface area contributed by atoms with Crippen molar-refractivity contribution < 1.29 is 47.9 Å². The van der Waals surface area contributed by atoms with Crippen molar-refractivity contribution >= 4 is 177 Å². The molecule has 20 aliphatic rings. The van der Waals surface area contributed by atoms with Crippen LogP contribution in [-0.4, -0.2) is 276 Å². The van der Waals surface area contributed by atoms with Gasteiger partial charge in [0.1, 0.15) is 0 Å². The largest absolute Gasteiger partial charge is 0.329 e. The van der Waals surface area contributed by atoms with Gasteiger partial charge in [0.15, 0.2) is 0 Å². The molecular weight excluding hydrogens is 1220 g/mol. The van der Waals surface area contributed by atoms with Crippen LogP contribution in [0.15, 0.2) is 0 Å². The van der Waals surface area contributed by atoms with Crippen molar-refractivity contribution in [2.24, 2.45) is 0 Å². The van der Waals surface area contributed by atoms with Crippen molar-refractivity contribution in [2.75, 3.05) is 65.4 Å². The van der Waals surface area contributed by atoms with Gasteiger partial charge < -0.3 is 49.0 Å². The van der Waals surface area contributed by atoms with Crippen LogP contribution < -0.4 is 0 Å². The Bertz CT molecular complexity index is 3010. The molecule has 20 atom stereocenters. The Morgan fingerprint density at radius 1 is 0.237 bits per heavy atom. The van der Waals surface area contributed by atoms with E-state index in [1.807, 2.05) is 137 Å².